The Morgan fingerprint density at radius 2 is 1.90 bits per heavy atom. The van der Waals surface area contributed by atoms with Gasteiger partial charge >= 0.3 is 0 Å². The molecule has 0 fully saturated rings. The molecule has 20 heavy (non-hydrogen) atoms. The third-order valence-corrected chi connectivity index (χ3v) is 3.85. The highest BCUT2D eigenvalue weighted by Gasteiger charge is 2.32. The summed E-state index contributed by atoms with van der Waals surface area (Å²) in [5, 5.41) is 13.2. The van der Waals surface area contributed by atoms with Crippen LogP contribution in [-0.2, 0) is 5.72 Å². The molecule has 0 aromatic heterocycles. The van der Waals surface area contributed by atoms with Gasteiger partial charge in [0.05, 0.1) is 6.54 Å². The maximum atomic E-state index is 11.0. The lowest BCUT2D eigenvalue weighted by atomic mass is 9.95. The second-order valence-electron chi connectivity index (χ2n) is 5.08. The van der Waals surface area contributed by atoms with E-state index in [2.05, 4.69) is 28.1 Å². The van der Waals surface area contributed by atoms with Gasteiger partial charge in [0.1, 0.15) is 5.72 Å². The summed E-state index contributed by atoms with van der Waals surface area (Å²) >= 11 is 0. The molecular formula is C16H19ClN2O. The fourth-order valence-electron chi connectivity index (χ4n) is 2.72. The van der Waals surface area contributed by atoms with Gasteiger partial charge in [-0.3, -0.25) is 9.89 Å². The maximum Gasteiger partial charge on any atom is 0.142 e. The summed E-state index contributed by atoms with van der Waals surface area (Å²) in [6.07, 6.45) is 1.88. The van der Waals surface area contributed by atoms with Crippen LogP contribution in [0.5, 0.6) is 0 Å². The Bertz CT molecular complexity index is 619. The minimum atomic E-state index is -0.965. The first-order chi connectivity index (χ1) is 9.19. The molecule has 106 valence electrons. The molecule has 3 nitrogen and oxygen atoms in total. The molecule has 1 aliphatic rings. The van der Waals surface area contributed by atoms with Crippen molar-refractivity contribution in [3.05, 3.63) is 48.0 Å². The fraction of sp³-hybridized carbons (Fsp3) is 0.312. The van der Waals surface area contributed by atoms with E-state index in [0.717, 1.165) is 29.4 Å². The molecule has 1 atom stereocenters. The monoisotopic (exact) mass is 290 g/mol. The highest BCUT2D eigenvalue weighted by molar-refractivity contribution is 5.86. The van der Waals surface area contributed by atoms with E-state index in [1.54, 1.807) is 0 Å². The molecule has 1 aliphatic heterocycles. The highest BCUT2D eigenvalue weighted by atomic mass is 35.5. The van der Waals surface area contributed by atoms with Crippen LogP contribution >= 0.6 is 12.4 Å². The third kappa shape index (κ3) is 2.57. The van der Waals surface area contributed by atoms with Crippen molar-refractivity contribution in [3.63, 3.8) is 0 Å². The standard InChI is InChI=1S/C16H18N2O.ClH/c1-16(19,18-11-9-17-10-12-18)15-8-4-6-13-5-2-3-7-14(13)15;/h2-9,19H,10-12H2,1H3;1H. The minimum Gasteiger partial charge on any atom is -0.372 e. The van der Waals surface area contributed by atoms with Crippen molar-refractivity contribution in [2.24, 2.45) is 4.99 Å². The Hall–Kier alpha value is -1.42. The second-order valence-corrected chi connectivity index (χ2v) is 5.08. The first-order valence-corrected chi connectivity index (χ1v) is 6.63. The van der Waals surface area contributed by atoms with E-state index >= 15 is 0 Å². The van der Waals surface area contributed by atoms with E-state index < -0.39 is 5.72 Å². The zero-order valence-electron chi connectivity index (χ0n) is 11.5. The van der Waals surface area contributed by atoms with Gasteiger partial charge in [-0.05, 0) is 17.7 Å². The molecule has 1 heterocycles. The molecule has 2 aromatic carbocycles. The van der Waals surface area contributed by atoms with Crippen molar-refractivity contribution in [2.45, 2.75) is 12.6 Å². The molecule has 0 saturated carbocycles. The van der Waals surface area contributed by atoms with E-state index in [4.69, 9.17) is 0 Å². The largest absolute Gasteiger partial charge is 0.372 e. The Morgan fingerprint density at radius 1 is 1.15 bits per heavy atom. The van der Waals surface area contributed by atoms with Gasteiger partial charge in [-0.1, -0.05) is 42.5 Å². The van der Waals surface area contributed by atoms with Crippen LogP contribution in [0.3, 0.4) is 0 Å². The molecule has 1 N–H and O–H groups in total. The van der Waals surface area contributed by atoms with Crippen molar-refractivity contribution in [1.29, 1.82) is 0 Å². The number of aliphatic imine (C=N–C) groups is 1. The quantitative estimate of drug-likeness (QED) is 0.923. The maximum absolute atomic E-state index is 11.0. The highest BCUT2D eigenvalue weighted by Crippen LogP contribution is 2.31. The Morgan fingerprint density at radius 3 is 2.65 bits per heavy atom. The predicted octanol–water partition coefficient (Wildman–Crippen LogP) is 2.81. The van der Waals surface area contributed by atoms with Gasteiger partial charge in [0.25, 0.3) is 0 Å². The van der Waals surface area contributed by atoms with Gasteiger partial charge in [0.2, 0.25) is 0 Å². The summed E-state index contributed by atoms with van der Waals surface area (Å²) in [6, 6.07) is 14.3. The number of hydrogen-bond donors (Lipinski definition) is 1. The van der Waals surface area contributed by atoms with E-state index in [0.29, 0.717) is 6.54 Å². The smallest absolute Gasteiger partial charge is 0.142 e. The number of rotatable bonds is 2. The van der Waals surface area contributed by atoms with Crippen molar-refractivity contribution in [2.75, 3.05) is 19.6 Å². The van der Waals surface area contributed by atoms with Crippen molar-refractivity contribution < 1.29 is 5.11 Å². The van der Waals surface area contributed by atoms with Crippen LogP contribution in [0.25, 0.3) is 10.8 Å². The van der Waals surface area contributed by atoms with Crippen molar-refractivity contribution in [1.82, 2.24) is 4.90 Å². The number of hydrogen-bond acceptors (Lipinski definition) is 3. The zero-order chi connectivity index (χ0) is 13.3. The zero-order valence-corrected chi connectivity index (χ0v) is 12.3. The number of nitrogens with zero attached hydrogens (tertiary/aromatic N) is 2. The second kappa shape index (κ2) is 5.92. The van der Waals surface area contributed by atoms with Crippen molar-refractivity contribution >= 4 is 29.4 Å². The predicted molar refractivity (Wildman–Crippen MR) is 85.7 cm³/mol. The Labute approximate surface area is 125 Å². The summed E-state index contributed by atoms with van der Waals surface area (Å²) in [5.74, 6) is 0. The summed E-state index contributed by atoms with van der Waals surface area (Å²) < 4.78 is 0. The van der Waals surface area contributed by atoms with Crippen LogP contribution in [0.4, 0.5) is 0 Å². The summed E-state index contributed by atoms with van der Waals surface area (Å²) in [4.78, 5) is 6.28. The Balaban J connectivity index is 0.00000147. The average Bonchev–Trinajstić information content (AvgIpc) is 2.47. The number of aliphatic hydroxyl groups is 1. The first kappa shape index (κ1) is 15.0. The molecule has 2 aromatic rings. The van der Waals surface area contributed by atoms with Gasteiger partial charge in [-0.15, -0.1) is 12.4 Å². The number of benzene rings is 2. The van der Waals surface area contributed by atoms with Crippen LogP contribution in [0.2, 0.25) is 0 Å². The van der Waals surface area contributed by atoms with E-state index in [9.17, 15) is 5.11 Å². The topological polar surface area (TPSA) is 35.8 Å². The molecule has 1 unspecified atom stereocenters. The lowest BCUT2D eigenvalue weighted by Gasteiger charge is -2.38. The summed E-state index contributed by atoms with van der Waals surface area (Å²) in [5.41, 5.74) is -0.00581. The van der Waals surface area contributed by atoms with Crippen LogP contribution in [-0.4, -0.2) is 35.9 Å². The van der Waals surface area contributed by atoms with Gasteiger partial charge in [-0.25, -0.2) is 0 Å². The van der Waals surface area contributed by atoms with Crippen LogP contribution in [0, 0.1) is 0 Å². The molecule has 0 spiro atoms. The van der Waals surface area contributed by atoms with E-state index in [1.165, 1.54) is 0 Å². The normalized spacial score (nSPS) is 18.5. The minimum absolute atomic E-state index is 0. The van der Waals surface area contributed by atoms with Gasteiger partial charge in [0.15, 0.2) is 0 Å². The molecule has 4 heteroatoms. The number of halogens is 1. The van der Waals surface area contributed by atoms with E-state index in [1.807, 2.05) is 37.4 Å². The third-order valence-electron chi connectivity index (χ3n) is 3.85. The lowest BCUT2D eigenvalue weighted by Crippen LogP contribution is -2.47. The summed E-state index contributed by atoms with van der Waals surface area (Å²) in [7, 11) is 0. The molecular weight excluding hydrogens is 272 g/mol. The average molecular weight is 291 g/mol. The number of fused-ring (bicyclic) bond motifs is 1. The van der Waals surface area contributed by atoms with Crippen molar-refractivity contribution in [3.8, 4) is 0 Å². The summed E-state index contributed by atoms with van der Waals surface area (Å²) in [6.45, 7) is 4.10. The van der Waals surface area contributed by atoms with Gasteiger partial charge in [-0.2, -0.15) is 0 Å². The molecule has 3 rings (SSSR count). The van der Waals surface area contributed by atoms with Crippen LogP contribution in [0.1, 0.15) is 12.5 Å². The molecule has 0 bridgehead atoms. The van der Waals surface area contributed by atoms with Crippen LogP contribution < -0.4 is 0 Å². The molecule has 0 radical (unpaired) electrons. The Kier molecular flexibility index (Phi) is 4.43. The fourth-order valence-corrected chi connectivity index (χ4v) is 2.72. The van der Waals surface area contributed by atoms with Gasteiger partial charge in [0, 0.05) is 24.9 Å². The lowest BCUT2D eigenvalue weighted by molar-refractivity contribution is -0.0910. The SMILES string of the molecule is CC(O)(c1cccc2ccccc12)N1CC=NCC1.Cl. The first-order valence-electron chi connectivity index (χ1n) is 6.63. The van der Waals surface area contributed by atoms with Gasteiger partial charge < -0.3 is 5.11 Å². The molecule has 0 amide bonds. The molecule has 0 saturated heterocycles. The van der Waals surface area contributed by atoms with Crippen LogP contribution in [0.15, 0.2) is 47.5 Å². The molecule has 0 aliphatic carbocycles. The van der Waals surface area contributed by atoms with E-state index in [-0.39, 0.29) is 12.4 Å².